The maximum absolute atomic E-state index is 13.0. The van der Waals surface area contributed by atoms with Crippen molar-refractivity contribution in [2.75, 3.05) is 26.2 Å². The Morgan fingerprint density at radius 2 is 1.62 bits per heavy atom. The van der Waals surface area contributed by atoms with Gasteiger partial charge in [-0.15, -0.1) is 0 Å². The predicted octanol–water partition coefficient (Wildman–Crippen LogP) is 3.39. The van der Waals surface area contributed by atoms with Crippen molar-refractivity contribution in [2.45, 2.75) is 57.3 Å². The summed E-state index contributed by atoms with van der Waals surface area (Å²) in [5, 5.41) is 8.88. The molecule has 0 saturated carbocycles. The highest BCUT2D eigenvalue weighted by Gasteiger charge is 2.37. The van der Waals surface area contributed by atoms with Crippen LogP contribution in [0.2, 0.25) is 0 Å². The van der Waals surface area contributed by atoms with E-state index in [1.165, 1.54) is 28.6 Å². The number of rotatable bonds is 5. The molecule has 158 valence electrons. The number of nitriles is 1. The lowest BCUT2D eigenvalue weighted by Gasteiger charge is -2.42. The van der Waals surface area contributed by atoms with Gasteiger partial charge < -0.3 is 4.90 Å². The summed E-state index contributed by atoms with van der Waals surface area (Å²) in [6.45, 7) is 6.85. The molecule has 1 aromatic carbocycles. The quantitative estimate of drug-likeness (QED) is 0.735. The van der Waals surface area contributed by atoms with Crippen molar-refractivity contribution < 1.29 is 13.2 Å². The molecule has 3 rings (SSSR count). The summed E-state index contributed by atoms with van der Waals surface area (Å²) in [4.78, 5) is 15.2. The van der Waals surface area contributed by atoms with Gasteiger partial charge in [-0.3, -0.25) is 4.79 Å². The Bertz CT molecular complexity index is 852. The molecule has 0 unspecified atom stereocenters. The fourth-order valence-electron chi connectivity index (χ4n) is 4.61. The van der Waals surface area contributed by atoms with E-state index in [0.717, 1.165) is 38.8 Å². The van der Waals surface area contributed by atoms with Gasteiger partial charge in [0.05, 0.1) is 16.5 Å². The number of carbonyl (C=O) groups excluding carboxylic acids is 1. The molecule has 2 aliphatic heterocycles. The fourth-order valence-corrected chi connectivity index (χ4v) is 6.08. The average Bonchev–Trinajstić information content (AvgIpc) is 2.78. The van der Waals surface area contributed by atoms with Crippen molar-refractivity contribution in [1.82, 2.24) is 9.21 Å². The maximum Gasteiger partial charge on any atom is 0.243 e. The Kier molecular flexibility index (Phi) is 6.65. The minimum absolute atomic E-state index is 0.0850. The number of nitrogens with zero attached hydrogens (tertiary/aromatic N) is 3. The molecule has 7 heteroatoms. The predicted molar refractivity (Wildman–Crippen MR) is 111 cm³/mol. The zero-order valence-corrected chi connectivity index (χ0v) is 18.2. The molecular weight excluding hydrogens is 386 g/mol. The van der Waals surface area contributed by atoms with Gasteiger partial charge in [-0.2, -0.15) is 9.57 Å². The number of carbonyl (C=O) groups is 1. The van der Waals surface area contributed by atoms with E-state index in [9.17, 15) is 13.2 Å². The lowest BCUT2D eigenvalue weighted by atomic mass is 9.74. The highest BCUT2D eigenvalue weighted by Crippen LogP contribution is 2.38. The summed E-state index contributed by atoms with van der Waals surface area (Å²) < 4.78 is 27.2. The van der Waals surface area contributed by atoms with Crippen molar-refractivity contribution in [2.24, 2.45) is 11.3 Å². The summed E-state index contributed by atoms with van der Waals surface area (Å²) in [5.74, 6) is 0.111. The largest absolute Gasteiger partial charge is 0.342 e. The molecule has 0 bridgehead atoms. The van der Waals surface area contributed by atoms with Crippen LogP contribution in [0.25, 0.3) is 0 Å². The van der Waals surface area contributed by atoms with E-state index in [1.807, 2.05) is 11.0 Å². The first-order valence-corrected chi connectivity index (χ1v) is 12.1. The smallest absolute Gasteiger partial charge is 0.243 e. The van der Waals surface area contributed by atoms with E-state index in [4.69, 9.17) is 5.26 Å². The number of sulfonamides is 1. The number of amides is 1. The molecule has 2 fully saturated rings. The zero-order chi connectivity index (χ0) is 21.1. The number of piperidine rings is 2. The topological polar surface area (TPSA) is 81.5 Å². The molecule has 0 atom stereocenters. The van der Waals surface area contributed by atoms with Crippen LogP contribution < -0.4 is 0 Å². The van der Waals surface area contributed by atoms with E-state index in [-0.39, 0.29) is 16.7 Å². The number of benzene rings is 1. The SMILES string of the molecule is CCC1(CC)CCN(C(=O)C2CCN(S(=O)(=O)c3ccc(C#N)cc3)CC2)CC1. The zero-order valence-electron chi connectivity index (χ0n) is 17.4. The van der Waals surface area contributed by atoms with Crippen LogP contribution in [0.15, 0.2) is 29.2 Å². The summed E-state index contributed by atoms with van der Waals surface area (Å²) >= 11 is 0. The second kappa shape index (κ2) is 8.85. The van der Waals surface area contributed by atoms with E-state index in [0.29, 0.717) is 36.9 Å². The van der Waals surface area contributed by atoms with Gasteiger partial charge in [0, 0.05) is 32.1 Å². The highest BCUT2D eigenvalue weighted by atomic mass is 32.2. The van der Waals surface area contributed by atoms with Gasteiger partial charge in [0.2, 0.25) is 15.9 Å². The average molecular weight is 418 g/mol. The van der Waals surface area contributed by atoms with Gasteiger partial charge >= 0.3 is 0 Å². The Hall–Kier alpha value is -1.91. The van der Waals surface area contributed by atoms with Crippen LogP contribution in [-0.2, 0) is 14.8 Å². The second-order valence-electron chi connectivity index (χ2n) is 8.35. The van der Waals surface area contributed by atoms with Crippen LogP contribution in [0.5, 0.6) is 0 Å². The molecule has 0 aromatic heterocycles. The van der Waals surface area contributed by atoms with Crippen LogP contribution in [0.4, 0.5) is 0 Å². The van der Waals surface area contributed by atoms with Crippen LogP contribution in [0.3, 0.4) is 0 Å². The van der Waals surface area contributed by atoms with Crippen LogP contribution in [-0.4, -0.2) is 49.7 Å². The van der Waals surface area contributed by atoms with E-state index in [1.54, 1.807) is 0 Å². The minimum atomic E-state index is -3.58. The Morgan fingerprint density at radius 3 is 2.10 bits per heavy atom. The third-order valence-corrected chi connectivity index (χ3v) is 8.97. The summed E-state index contributed by atoms with van der Waals surface area (Å²) in [6.07, 6.45) is 5.60. The standard InChI is InChI=1S/C22H31N3O3S/c1-3-22(4-2)11-15-24(16-12-22)21(26)19-9-13-25(14-10-19)29(27,28)20-7-5-18(17-23)6-8-20/h5-8,19H,3-4,9-16H2,1-2H3. The van der Waals surface area contributed by atoms with Crippen molar-refractivity contribution in [3.8, 4) is 6.07 Å². The van der Waals surface area contributed by atoms with Crippen molar-refractivity contribution in [3.05, 3.63) is 29.8 Å². The molecule has 1 amide bonds. The fraction of sp³-hybridized carbons (Fsp3) is 0.636. The lowest BCUT2D eigenvalue weighted by Crippen LogP contribution is -2.48. The monoisotopic (exact) mass is 417 g/mol. The van der Waals surface area contributed by atoms with Crippen molar-refractivity contribution in [1.29, 1.82) is 5.26 Å². The Morgan fingerprint density at radius 1 is 1.07 bits per heavy atom. The molecular formula is C22H31N3O3S. The number of likely N-dealkylation sites (tertiary alicyclic amines) is 1. The van der Waals surface area contributed by atoms with Gasteiger partial charge in [0.15, 0.2) is 0 Å². The van der Waals surface area contributed by atoms with Crippen molar-refractivity contribution >= 4 is 15.9 Å². The number of hydrogen-bond acceptors (Lipinski definition) is 4. The molecule has 1 aromatic rings. The first kappa shape index (κ1) is 21.8. The van der Waals surface area contributed by atoms with Gasteiger partial charge in [0.25, 0.3) is 0 Å². The molecule has 6 nitrogen and oxygen atoms in total. The summed E-state index contributed by atoms with van der Waals surface area (Å²) in [7, 11) is -3.58. The van der Waals surface area contributed by atoms with Crippen LogP contribution >= 0.6 is 0 Å². The van der Waals surface area contributed by atoms with Gasteiger partial charge in [-0.25, -0.2) is 8.42 Å². The molecule has 2 heterocycles. The lowest BCUT2D eigenvalue weighted by molar-refractivity contribution is -0.139. The summed E-state index contributed by atoms with van der Waals surface area (Å²) in [5.41, 5.74) is 0.819. The third kappa shape index (κ3) is 4.49. The normalized spacial score (nSPS) is 20.9. The van der Waals surface area contributed by atoms with Gasteiger partial charge in [-0.05, 0) is 55.4 Å². The minimum Gasteiger partial charge on any atom is -0.342 e. The number of hydrogen-bond donors (Lipinski definition) is 0. The third-order valence-electron chi connectivity index (χ3n) is 7.06. The highest BCUT2D eigenvalue weighted by molar-refractivity contribution is 7.89. The first-order valence-electron chi connectivity index (χ1n) is 10.6. The van der Waals surface area contributed by atoms with Gasteiger partial charge in [0.1, 0.15) is 0 Å². The van der Waals surface area contributed by atoms with Crippen LogP contribution in [0.1, 0.15) is 57.9 Å². The van der Waals surface area contributed by atoms with Crippen molar-refractivity contribution in [3.63, 3.8) is 0 Å². The Labute approximate surface area is 174 Å². The second-order valence-corrected chi connectivity index (χ2v) is 10.3. The Balaban J connectivity index is 1.57. The molecule has 2 aliphatic rings. The molecule has 0 spiro atoms. The van der Waals surface area contributed by atoms with E-state index < -0.39 is 10.0 Å². The summed E-state index contributed by atoms with van der Waals surface area (Å²) in [6, 6.07) is 7.99. The first-order chi connectivity index (χ1) is 13.8. The maximum atomic E-state index is 13.0. The van der Waals surface area contributed by atoms with Gasteiger partial charge in [-0.1, -0.05) is 26.7 Å². The van der Waals surface area contributed by atoms with E-state index >= 15 is 0 Å². The van der Waals surface area contributed by atoms with E-state index in [2.05, 4.69) is 13.8 Å². The molecule has 0 N–H and O–H groups in total. The molecule has 2 saturated heterocycles. The molecule has 0 radical (unpaired) electrons. The van der Waals surface area contributed by atoms with Crippen LogP contribution in [0, 0.1) is 22.7 Å². The molecule has 29 heavy (non-hydrogen) atoms. The molecule has 0 aliphatic carbocycles.